The third-order valence-corrected chi connectivity index (χ3v) is 10.8. The van der Waals surface area contributed by atoms with Gasteiger partial charge in [0.15, 0.2) is 0 Å². The van der Waals surface area contributed by atoms with Gasteiger partial charge >= 0.3 is 0 Å². The molecule has 58 heavy (non-hydrogen) atoms. The standard InChI is InChI=1S/C30H42N2O2.C16H22N2O.C3H8.C2H6/c1-7-16-31(17-15-22(3)8-2)19-23(4)20-32-25(6)24(5)29-18-28(13-14-30(29)32)34-27-11-9-26(21-33)10-12-27;1-4-9-18(5-2)16-14(12-7-6-8-12)10-13(17-3)11-15(16)19;1-3-2;1-2/h9-14,18,21-23H,7-8,15-17,19-20H2,1-6H3;4-5,9-12,17,19H,2,6-8H2,1,3H3;3H2,1-2H3;1-2H3/b;9-4-;;. The first-order valence-corrected chi connectivity index (χ1v) is 22.1. The second kappa shape index (κ2) is 26.5. The highest BCUT2D eigenvalue weighted by molar-refractivity contribution is 5.86. The summed E-state index contributed by atoms with van der Waals surface area (Å²) in [6.07, 6.45) is 15.1. The highest BCUT2D eigenvalue weighted by Crippen LogP contribution is 2.46. The number of hydrogen-bond acceptors (Lipinski definition) is 6. The van der Waals surface area contributed by atoms with Crippen LogP contribution in [0.4, 0.5) is 11.4 Å². The minimum absolute atomic E-state index is 0.298. The van der Waals surface area contributed by atoms with Crippen LogP contribution in [-0.2, 0) is 6.54 Å². The topological polar surface area (TPSA) is 70.0 Å². The molecule has 0 bridgehead atoms. The number of aldehydes is 1. The fourth-order valence-corrected chi connectivity index (χ4v) is 7.19. The molecule has 2 atom stereocenters. The van der Waals surface area contributed by atoms with Gasteiger partial charge in [-0.15, -0.1) is 0 Å². The van der Waals surface area contributed by atoms with Crippen LogP contribution >= 0.6 is 0 Å². The molecule has 1 aromatic heterocycles. The zero-order valence-corrected chi connectivity index (χ0v) is 38.3. The van der Waals surface area contributed by atoms with E-state index in [1.165, 1.54) is 85.8 Å². The normalized spacial score (nSPS) is 13.3. The van der Waals surface area contributed by atoms with Crippen LogP contribution in [-0.4, -0.2) is 47.5 Å². The first-order chi connectivity index (χ1) is 28.0. The molecule has 7 nitrogen and oxygen atoms in total. The van der Waals surface area contributed by atoms with Crippen molar-refractivity contribution in [3.05, 3.63) is 102 Å². The van der Waals surface area contributed by atoms with Crippen molar-refractivity contribution < 1.29 is 14.6 Å². The van der Waals surface area contributed by atoms with E-state index in [1.54, 1.807) is 24.4 Å². The van der Waals surface area contributed by atoms with E-state index in [-0.39, 0.29) is 0 Å². The molecule has 0 aliphatic heterocycles. The number of phenols is 1. The fraction of sp³-hybridized carbons (Fsp3) is 0.510. The van der Waals surface area contributed by atoms with Crippen LogP contribution in [0.3, 0.4) is 0 Å². The van der Waals surface area contributed by atoms with E-state index in [1.807, 2.05) is 63.2 Å². The monoisotopic (exact) mass is 795 g/mol. The number of fused-ring (bicyclic) bond motifs is 1. The maximum Gasteiger partial charge on any atom is 0.150 e. The summed E-state index contributed by atoms with van der Waals surface area (Å²) in [5.74, 6) is 3.77. The number of benzene rings is 3. The van der Waals surface area contributed by atoms with Crippen LogP contribution in [0.5, 0.6) is 17.2 Å². The molecule has 0 amide bonds. The summed E-state index contributed by atoms with van der Waals surface area (Å²) in [7, 11) is 1.87. The van der Waals surface area contributed by atoms with E-state index in [2.05, 4.69) is 95.0 Å². The molecule has 1 saturated carbocycles. The number of rotatable bonds is 18. The molecular weight excluding hydrogens is 717 g/mol. The van der Waals surface area contributed by atoms with Gasteiger partial charge in [-0.2, -0.15) is 0 Å². The summed E-state index contributed by atoms with van der Waals surface area (Å²) in [6.45, 7) is 32.3. The molecule has 7 heteroatoms. The van der Waals surface area contributed by atoms with E-state index in [4.69, 9.17) is 4.74 Å². The predicted octanol–water partition coefficient (Wildman–Crippen LogP) is 14.3. The average molecular weight is 795 g/mol. The summed E-state index contributed by atoms with van der Waals surface area (Å²) in [4.78, 5) is 15.4. The number of aryl methyl sites for hydroxylation is 1. The maximum atomic E-state index is 10.9. The predicted molar refractivity (Wildman–Crippen MR) is 252 cm³/mol. The molecular formula is C51H78N4O3. The molecule has 0 saturated heterocycles. The quantitative estimate of drug-likeness (QED) is 0.0978. The Balaban J connectivity index is 0.000000407. The van der Waals surface area contributed by atoms with Crippen molar-refractivity contribution in [1.82, 2.24) is 9.47 Å². The van der Waals surface area contributed by atoms with Crippen LogP contribution in [0, 0.1) is 25.7 Å². The van der Waals surface area contributed by atoms with Crippen molar-refractivity contribution in [2.24, 2.45) is 11.8 Å². The molecule has 0 radical (unpaired) electrons. The molecule has 2 N–H and O–H groups in total. The van der Waals surface area contributed by atoms with E-state index in [0.29, 0.717) is 23.1 Å². The molecule has 3 aromatic carbocycles. The van der Waals surface area contributed by atoms with Crippen molar-refractivity contribution in [2.45, 2.75) is 134 Å². The van der Waals surface area contributed by atoms with Crippen LogP contribution < -0.4 is 15.0 Å². The molecule has 4 aromatic rings. The number of carbonyl (C=O) groups excluding carboxylic acids is 1. The van der Waals surface area contributed by atoms with Crippen LogP contribution in [0.2, 0.25) is 0 Å². The van der Waals surface area contributed by atoms with E-state index in [0.717, 1.165) is 48.2 Å². The van der Waals surface area contributed by atoms with Gasteiger partial charge < -0.3 is 29.5 Å². The summed E-state index contributed by atoms with van der Waals surface area (Å²) < 4.78 is 8.56. The number of anilines is 2. The van der Waals surface area contributed by atoms with Crippen LogP contribution in [0.25, 0.3) is 10.9 Å². The molecule has 1 aliphatic carbocycles. The Kier molecular flexibility index (Phi) is 22.7. The first kappa shape index (κ1) is 49.7. The largest absolute Gasteiger partial charge is 0.506 e. The lowest BCUT2D eigenvalue weighted by molar-refractivity contribution is 0.112. The lowest BCUT2D eigenvalue weighted by Gasteiger charge is -2.31. The van der Waals surface area contributed by atoms with Gasteiger partial charge in [-0.1, -0.05) is 87.3 Å². The number of aromatic nitrogens is 1. The Morgan fingerprint density at radius 1 is 0.966 bits per heavy atom. The molecule has 320 valence electrons. The van der Waals surface area contributed by atoms with Crippen molar-refractivity contribution in [3.63, 3.8) is 0 Å². The molecule has 2 unspecified atom stereocenters. The average Bonchev–Trinajstić information content (AvgIpc) is 3.43. The summed E-state index contributed by atoms with van der Waals surface area (Å²) >= 11 is 0. The lowest BCUT2D eigenvalue weighted by Crippen LogP contribution is -2.32. The van der Waals surface area contributed by atoms with Gasteiger partial charge in [0, 0.05) is 66.5 Å². The number of carbonyl (C=O) groups is 1. The fourth-order valence-electron chi connectivity index (χ4n) is 7.19. The SMILES string of the molecule is C=CN(/C=C\C)c1c(O)cc(NC)cc1C1CCC1.CC.CCC.CCCN(CCC(C)CC)CC(C)Cn1c(C)c(C)c2cc(Oc3ccc(C=O)cc3)ccc21. The van der Waals surface area contributed by atoms with Crippen molar-refractivity contribution in [2.75, 3.05) is 36.9 Å². The van der Waals surface area contributed by atoms with Crippen LogP contribution in [0.1, 0.15) is 140 Å². The van der Waals surface area contributed by atoms with Gasteiger partial charge in [-0.3, -0.25) is 4.79 Å². The van der Waals surface area contributed by atoms with Gasteiger partial charge in [0.05, 0.1) is 5.69 Å². The number of phenolic OH excluding ortho intramolecular Hbond substituents is 1. The number of nitrogens with zero attached hydrogens (tertiary/aromatic N) is 3. The van der Waals surface area contributed by atoms with E-state index in [9.17, 15) is 9.90 Å². The zero-order valence-electron chi connectivity index (χ0n) is 38.3. The number of ether oxygens (including phenoxy) is 1. The summed E-state index contributed by atoms with van der Waals surface area (Å²) in [5.41, 5.74) is 7.57. The van der Waals surface area contributed by atoms with Gasteiger partial charge in [0.2, 0.25) is 0 Å². The number of aromatic hydroxyl groups is 1. The van der Waals surface area contributed by atoms with Crippen molar-refractivity contribution in [3.8, 4) is 17.2 Å². The third kappa shape index (κ3) is 14.4. The number of hydrogen-bond donors (Lipinski definition) is 2. The Labute approximate surface area is 353 Å². The Morgan fingerprint density at radius 3 is 2.16 bits per heavy atom. The Hall–Kier alpha value is -4.49. The van der Waals surface area contributed by atoms with E-state index < -0.39 is 0 Å². The van der Waals surface area contributed by atoms with E-state index >= 15 is 0 Å². The first-order valence-electron chi connectivity index (χ1n) is 22.1. The van der Waals surface area contributed by atoms with Crippen LogP contribution in [0.15, 0.2) is 79.7 Å². The van der Waals surface area contributed by atoms with Gasteiger partial charge in [0.25, 0.3) is 0 Å². The molecule has 0 spiro atoms. The lowest BCUT2D eigenvalue weighted by atomic mass is 9.79. The zero-order chi connectivity index (χ0) is 43.2. The van der Waals surface area contributed by atoms with Gasteiger partial charge in [-0.25, -0.2) is 0 Å². The number of nitrogens with one attached hydrogen (secondary N) is 1. The minimum atomic E-state index is 0.298. The summed E-state index contributed by atoms with van der Waals surface area (Å²) in [5, 5.41) is 14.7. The number of allylic oxidation sites excluding steroid dienone is 1. The van der Waals surface area contributed by atoms with Crippen molar-refractivity contribution in [1.29, 1.82) is 0 Å². The highest BCUT2D eigenvalue weighted by atomic mass is 16.5. The summed E-state index contributed by atoms with van der Waals surface area (Å²) in [6, 6.07) is 17.5. The smallest absolute Gasteiger partial charge is 0.150 e. The second-order valence-electron chi connectivity index (χ2n) is 15.6. The third-order valence-electron chi connectivity index (χ3n) is 10.8. The maximum absolute atomic E-state index is 10.9. The minimum Gasteiger partial charge on any atom is -0.506 e. The highest BCUT2D eigenvalue weighted by Gasteiger charge is 2.26. The Morgan fingerprint density at radius 2 is 1.62 bits per heavy atom. The molecule has 5 rings (SSSR count). The van der Waals surface area contributed by atoms with Gasteiger partial charge in [-0.05, 0) is 137 Å². The van der Waals surface area contributed by atoms with Gasteiger partial charge in [0.1, 0.15) is 23.5 Å². The molecule has 1 fully saturated rings. The molecule has 1 heterocycles. The molecule has 1 aliphatic rings. The van der Waals surface area contributed by atoms with Crippen molar-refractivity contribution >= 4 is 28.6 Å². The Bertz CT molecular complexity index is 1820. The second-order valence-corrected chi connectivity index (χ2v) is 15.6.